The monoisotopic (exact) mass is 417 g/mol. The summed E-state index contributed by atoms with van der Waals surface area (Å²) in [6, 6.07) is 15.3. The summed E-state index contributed by atoms with van der Waals surface area (Å²) in [6.45, 7) is 0.449. The molecule has 0 aliphatic carbocycles. The van der Waals surface area contributed by atoms with Crippen LogP contribution in [0.15, 0.2) is 63.2 Å². The lowest BCUT2D eigenvalue weighted by atomic mass is 10.1. The quantitative estimate of drug-likeness (QED) is 0.344. The van der Waals surface area contributed by atoms with E-state index in [-0.39, 0.29) is 18.5 Å². The van der Waals surface area contributed by atoms with E-state index < -0.39 is 0 Å². The molecule has 0 saturated carbocycles. The zero-order valence-corrected chi connectivity index (χ0v) is 15.6. The standard InChI is InChI=1S/C18H20BrN5O2/c19-15-6-7-16(14(10-15)11-23-24-18(20)21)26-12-17(25)22-9-8-13-4-2-1-3-5-13/h1-7,10-11H,8-9,12H2,(H,22,25)(H4,20,21,24). The molecular formula is C18H20BrN5O2. The number of ether oxygens (including phenoxy) is 1. The number of rotatable bonds is 8. The van der Waals surface area contributed by atoms with Crippen LogP contribution >= 0.6 is 15.9 Å². The van der Waals surface area contributed by atoms with Crippen LogP contribution in [0, 0.1) is 0 Å². The number of carbonyl (C=O) groups is 1. The summed E-state index contributed by atoms with van der Waals surface area (Å²) in [6.07, 6.45) is 2.22. The number of amides is 1. The summed E-state index contributed by atoms with van der Waals surface area (Å²) >= 11 is 3.37. The number of carbonyl (C=O) groups excluding carboxylic acids is 1. The molecule has 0 spiro atoms. The van der Waals surface area contributed by atoms with Crippen molar-refractivity contribution in [2.24, 2.45) is 21.7 Å². The Morgan fingerprint density at radius 2 is 1.96 bits per heavy atom. The molecule has 0 radical (unpaired) electrons. The van der Waals surface area contributed by atoms with Crippen molar-refractivity contribution in [3.8, 4) is 5.75 Å². The molecular weight excluding hydrogens is 398 g/mol. The molecule has 0 atom stereocenters. The highest BCUT2D eigenvalue weighted by atomic mass is 79.9. The predicted molar refractivity (Wildman–Crippen MR) is 106 cm³/mol. The number of nitrogens with zero attached hydrogens (tertiary/aromatic N) is 2. The van der Waals surface area contributed by atoms with Gasteiger partial charge in [0.25, 0.3) is 5.91 Å². The summed E-state index contributed by atoms with van der Waals surface area (Å²) < 4.78 is 6.42. The minimum atomic E-state index is -0.198. The number of nitrogens with one attached hydrogen (secondary N) is 1. The highest BCUT2D eigenvalue weighted by Crippen LogP contribution is 2.21. The summed E-state index contributed by atoms with van der Waals surface area (Å²) in [5.74, 6) is 0.161. The van der Waals surface area contributed by atoms with Crippen molar-refractivity contribution in [2.45, 2.75) is 6.42 Å². The van der Waals surface area contributed by atoms with Crippen LogP contribution in [0.1, 0.15) is 11.1 Å². The van der Waals surface area contributed by atoms with Crippen molar-refractivity contribution in [2.75, 3.05) is 13.2 Å². The van der Waals surface area contributed by atoms with E-state index in [9.17, 15) is 4.79 Å². The molecule has 0 unspecified atom stereocenters. The third kappa shape index (κ3) is 6.94. The van der Waals surface area contributed by atoms with Gasteiger partial charge in [-0.2, -0.15) is 5.10 Å². The third-order valence-electron chi connectivity index (χ3n) is 3.28. The SMILES string of the molecule is NC(N)=NN=Cc1cc(Br)ccc1OCC(=O)NCCc1ccccc1. The van der Waals surface area contributed by atoms with Crippen LogP contribution in [0.25, 0.3) is 0 Å². The molecule has 0 saturated heterocycles. The number of nitrogens with two attached hydrogens (primary N) is 2. The van der Waals surface area contributed by atoms with Crippen molar-refractivity contribution in [1.29, 1.82) is 0 Å². The summed E-state index contributed by atoms with van der Waals surface area (Å²) in [5, 5.41) is 10.1. The van der Waals surface area contributed by atoms with Gasteiger partial charge in [-0.1, -0.05) is 46.3 Å². The molecule has 0 fully saturated rings. The van der Waals surface area contributed by atoms with Crippen LogP contribution in [0.3, 0.4) is 0 Å². The van der Waals surface area contributed by atoms with E-state index in [1.165, 1.54) is 11.8 Å². The largest absolute Gasteiger partial charge is 0.483 e. The van der Waals surface area contributed by atoms with Crippen LogP contribution in [0.2, 0.25) is 0 Å². The molecule has 8 heteroatoms. The topological polar surface area (TPSA) is 115 Å². The van der Waals surface area contributed by atoms with Gasteiger partial charge >= 0.3 is 0 Å². The summed E-state index contributed by atoms with van der Waals surface area (Å²) in [5.41, 5.74) is 12.3. The lowest BCUT2D eigenvalue weighted by Gasteiger charge is -2.10. The van der Waals surface area contributed by atoms with E-state index in [2.05, 4.69) is 31.4 Å². The zero-order chi connectivity index (χ0) is 18.8. The molecule has 0 aliphatic heterocycles. The molecule has 2 rings (SSSR count). The molecule has 5 N–H and O–H groups in total. The molecule has 0 aromatic heterocycles. The summed E-state index contributed by atoms with van der Waals surface area (Å²) in [7, 11) is 0. The first kappa shape index (κ1) is 19.5. The average Bonchev–Trinajstić information content (AvgIpc) is 2.61. The highest BCUT2D eigenvalue weighted by Gasteiger charge is 2.07. The minimum absolute atomic E-state index is 0.0977. The van der Waals surface area contributed by atoms with Crippen molar-refractivity contribution < 1.29 is 9.53 Å². The minimum Gasteiger partial charge on any atom is -0.483 e. The lowest BCUT2D eigenvalue weighted by molar-refractivity contribution is -0.123. The van der Waals surface area contributed by atoms with Crippen LogP contribution in [0.4, 0.5) is 0 Å². The molecule has 0 bridgehead atoms. The fourth-order valence-corrected chi connectivity index (χ4v) is 2.47. The van der Waals surface area contributed by atoms with Gasteiger partial charge in [0.05, 0.1) is 6.21 Å². The van der Waals surface area contributed by atoms with Crippen LogP contribution < -0.4 is 21.5 Å². The lowest BCUT2D eigenvalue weighted by Crippen LogP contribution is -2.30. The number of guanidine groups is 1. The third-order valence-corrected chi connectivity index (χ3v) is 3.77. The van der Waals surface area contributed by atoms with Crippen LogP contribution in [-0.2, 0) is 11.2 Å². The molecule has 1 amide bonds. The van der Waals surface area contributed by atoms with Gasteiger partial charge in [0.1, 0.15) is 5.75 Å². The first-order valence-corrected chi connectivity index (χ1v) is 8.69. The second kappa shape index (κ2) is 10.2. The Hall–Kier alpha value is -2.87. The molecule has 136 valence electrons. The number of halogens is 1. The molecule has 26 heavy (non-hydrogen) atoms. The van der Waals surface area contributed by atoms with Gasteiger partial charge in [-0.3, -0.25) is 4.79 Å². The molecule has 0 aliphatic rings. The van der Waals surface area contributed by atoms with Crippen molar-refractivity contribution >= 4 is 34.0 Å². The Morgan fingerprint density at radius 1 is 1.19 bits per heavy atom. The Morgan fingerprint density at radius 3 is 2.69 bits per heavy atom. The van der Waals surface area contributed by atoms with Crippen LogP contribution in [-0.4, -0.2) is 31.2 Å². The molecule has 2 aromatic rings. The maximum Gasteiger partial charge on any atom is 0.257 e. The van der Waals surface area contributed by atoms with Gasteiger partial charge in [0.2, 0.25) is 5.96 Å². The smallest absolute Gasteiger partial charge is 0.257 e. The zero-order valence-electron chi connectivity index (χ0n) is 14.1. The maximum atomic E-state index is 12.0. The normalized spacial score (nSPS) is 10.5. The van der Waals surface area contributed by atoms with E-state index in [1.54, 1.807) is 18.2 Å². The van der Waals surface area contributed by atoms with Gasteiger partial charge in [0.15, 0.2) is 6.61 Å². The number of hydrogen-bond donors (Lipinski definition) is 3. The fraction of sp³-hybridized carbons (Fsp3) is 0.167. The summed E-state index contributed by atoms with van der Waals surface area (Å²) in [4.78, 5) is 12.0. The number of hydrogen-bond acceptors (Lipinski definition) is 4. The maximum absolute atomic E-state index is 12.0. The van der Waals surface area contributed by atoms with Gasteiger partial charge < -0.3 is 21.5 Å². The van der Waals surface area contributed by atoms with Crippen molar-refractivity contribution in [3.63, 3.8) is 0 Å². The molecule has 0 heterocycles. The van der Waals surface area contributed by atoms with E-state index in [0.29, 0.717) is 17.9 Å². The van der Waals surface area contributed by atoms with Crippen molar-refractivity contribution in [3.05, 3.63) is 64.1 Å². The highest BCUT2D eigenvalue weighted by molar-refractivity contribution is 9.10. The Labute approximate surface area is 160 Å². The fourth-order valence-electron chi connectivity index (χ4n) is 2.09. The first-order valence-electron chi connectivity index (χ1n) is 7.89. The van der Waals surface area contributed by atoms with E-state index in [0.717, 1.165) is 10.9 Å². The van der Waals surface area contributed by atoms with E-state index in [4.69, 9.17) is 16.2 Å². The molecule has 2 aromatic carbocycles. The van der Waals surface area contributed by atoms with E-state index >= 15 is 0 Å². The van der Waals surface area contributed by atoms with E-state index in [1.807, 2.05) is 30.3 Å². The Bertz CT molecular complexity index is 789. The average molecular weight is 418 g/mol. The van der Waals surface area contributed by atoms with Gasteiger partial charge in [-0.15, -0.1) is 5.10 Å². The Kier molecular flexibility index (Phi) is 7.63. The van der Waals surface area contributed by atoms with Crippen LogP contribution in [0.5, 0.6) is 5.75 Å². The van der Waals surface area contributed by atoms with Gasteiger partial charge in [-0.25, -0.2) is 0 Å². The Balaban J connectivity index is 1.87. The second-order valence-electron chi connectivity index (χ2n) is 5.33. The van der Waals surface area contributed by atoms with Gasteiger partial charge in [0, 0.05) is 16.6 Å². The second-order valence-corrected chi connectivity index (χ2v) is 6.24. The predicted octanol–water partition coefficient (Wildman–Crippen LogP) is 1.79. The van der Waals surface area contributed by atoms with Crippen molar-refractivity contribution in [1.82, 2.24) is 5.32 Å². The molecule has 7 nitrogen and oxygen atoms in total. The first-order chi connectivity index (χ1) is 12.5. The number of benzene rings is 2. The van der Waals surface area contributed by atoms with Gasteiger partial charge in [-0.05, 0) is 30.2 Å².